The number of halogens is 1. The molecule has 0 radical (unpaired) electrons. The number of ether oxygens (including phenoxy) is 1. The summed E-state index contributed by atoms with van der Waals surface area (Å²) < 4.78 is 9.10. The van der Waals surface area contributed by atoms with Gasteiger partial charge in [-0.15, -0.1) is 0 Å². The van der Waals surface area contributed by atoms with Gasteiger partial charge < -0.3 is 9.30 Å². The second-order valence-corrected chi connectivity index (χ2v) is 6.38. The van der Waals surface area contributed by atoms with Crippen LogP contribution in [-0.4, -0.2) is 20.6 Å². The molecule has 1 fully saturated rings. The molecule has 5 heteroatoms. The lowest BCUT2D eigenvalue weighted by molar-refractivity contribution is -0.168. The third-order valence-electron chi connectivity index (χ3n) is 4.38. The van der Waals surface area contributed by atoms with Crippen LogP contribution in [0.5, 0.6) is 0 Å². The van der Waals surface area contributed by atoms with Crippen LogP contribution in [0.25, 0.3) is 11.2 Å². The first-order valence-electron chi connectivity index (χ1n) is 7.06. The van der Waals surface area contributed by atoms with Gasteiger partial charge in [-0.2, -0.15) is 0 Å². The average molecular weight is 342 g/mol. The van der Waals surface area contributed by atoms with Crippen molar-refractivity contribution in [2.45, 2.75) is 24.7 Å². The monoisotopic (exact) mass is 341 g/mol. The van der Waals surface area contributed by atoms with Gasteiger partial charge in [-0.3, -0.25) is 0 Å². The maximum atomic E-state index is 6.01. The molecule has 0 N–H and O–H groups in total. The van der Waals surface area contributed by atoms with Crippen molar-refractivity contribution in [3.63, 3.8) is 0 Å². The molecule has 21 heavy (non-hydrogen) atoms. The summed E-state index contributed by atoms with van der Waals surface area (Å²) in [6.45, 7) is 0. The van der Waals surface area contributed by atoms with Crippen molar-refractivity contribution in [3.05, 3.63) is 58.5 Å². The van der Waals surface area contributed by atoms with E-state index in [4.69, 9.17) is 9.72 Å². The van der Waals surface area contributed by atoms with Crippen molar-refractivity contribution in [1.29, 1.82) is 0 Å². The molecule has 3 aliphatic rings. The predicted octanol–water partition coefficient (Wildman–Crippen LogP) is 3.63. The van der Waals surface area contributed by atoms with Gasteiger partial charge in [-0.05, 0) is 33.6 Å². The Morgan fingerprint density at radius 1 is 1.10 bits per heavy atom. The fraction of sp³-hybridized carbons (Fsp3) is 0.250. The van der Waals surface area contributed by atoms with Gasteiger partial charge in [-0.25, -0.2) is 9.97 Å². The molecule has 3 atom stereocenters. The fourth-order valence-electron chi connectivity index (χ4n) is 3.43. The van der Waals surface area contributed by atoms with Gasteiger partial charge in [0, 0.05) is 6.42 Å². The van der Waals surface area contributed by atoms with Crippen LogP contribution in [0.2, 0.25) is 0 Å². The fourth-order valence-corrected chi connectivity index (χ4v) is 3.73. The highest BCUT2D eigenvalue weighted by atomic mass is 79.9. The smallest absolute Gasteiger partial charge is 0.162 e. The molecule has 104 valence electrons. The molecule has 1 saturated heterocycles. The Bertz CT molecular complexity index is 839. The molecule has 0 unspecified atom stereocenters. The molecule has 0 aliphatic carbocycles. The zero-order chi connectivity index (χ0) is 14.0. The Labute approximate surface area is 129 Å². The first-order chi connectivity index (χ1) is 10.3. The number of pyridine rings is 1. The summed E-state index contributed by atoms with van der Waals surface area (Å²) in [7, 11) is 0. The van der Waals surface area contributed by atoms with Crippen LogP contribution >= 0.6 is 15.9 Å². The maximum Gasteiger partial charge on any atom is 0.162 e. The molecule has 2 bridgehead atoms. The number of rotatable bonds is 1. The predicted molar refractivity (Wildman–Crippen MR) is 82.0 cm³/mol. The molecule has 0 spiro atoms. The molecule has 3 aromatic rings. The van der Waals surface area contributed by atoms with Crippen LogP contribution < -0.4 is 0 Å². The normalized spacial score (nSPS) is 26.4. The summed E-state index contributed by atoms with van der Waals surface area (Å²) in [4.78, 5) is 9.38. The summed E-state index contributed by atoms with van der Waals surface area (Å²) >= 11 is 3.46. The summed E-state index contributed by atoms with van der Waals surface area (Å²) in [6, 6.07) is 14.6. The molecule has 2 aromatic heterocycles. The van der Waals surface area contributed by atoms with Crippen LogP contribution in [-0.2, 0) is 4.74 Å². The van der Waals surface area contributed by atoms with Gasteiger partial charge in [0.2, 0.25) is 0 Å². The molecule has 5 heterocycles. The number of nitrogens with zero attached hydrogens (tertiary/aromatic N) is 3. The van der Waals surface area contributed by atoms with E-state index in [1.54, 1.807) is 0 Å². The Morgan fingerprint density at radius 3 is 2.71 bits per heavy atom. The standard InChI is InChI=1S/C16H12BrN3O/c17-13-7-6-10-15(19-13)20-14(9-4-2-1-3-5-9)11-8-12(21-11)16(20)18-10/h1-7,11-12,14H,8H2/t11-,12+,14-/m1/s1. The Kier molecular flexibility index (Phi) is 2.35. The Balaban J connectivity index is 1.80. The van der Waals surface area contributed by atoms with E-state index in [0.717, 1.165) is 28.0 Å². The third-order valence-corrected chi connectivity index (χ3v) is 4.82. The van der Waals surface area contributed by atoms with Crippen molar-refractivity contribution in [1.82, 2.24) is 14.5 Å². The number of hydrogen-bond acceptors (Lipinski definition) is 3. The van der Waals surface area contributed by atoms with Crippen LogP contribution in [0.4, 0.5) is 0 Å². The second kappa shape index (κ2) is 4.15. The molecule has 1 aromatic carbocycles. The topological polar surface area (TPSA) is 39.9 Å². The Hall–Kier alpha value is -1.72. The summed E-state index contributed by atoms with van der Waals surface area (Å²) in [6.07, 6.45) is 1.40. The van der Waals surface area contributed by atoms with Crippen molar-refractivity contribution in [2.24, 2.45) is 0 Å². The van der Waals surface area contributed by atoms with Crippen molar-refractivity contribution < 1.29 is 4.74 Å². The van der Waals surface area contributed by atoms with Crippen LogP contribution in [0.1, 0.15) is 30.0 Å². The van der Waals surface area contributed by atoms with E-state index in [0.29, 0.717) is 0 Å². The van der Waals surface area contributed by atoms with E-state index < -0.39 is 0 Å². The van der Waals surface area contributed by atoms with E-state index >= 15 is 0 Å². The zero-order valence-corrected chi connectivity index (χ0v) is 12.7. The highest BCUT2D eigenvalue weighted by molar-refractivity contribution is 9.10. The lowest BCUT2D eigenvalue weighted by Gasteiger charge is -2.46. The van der Waals surface area contributed by atoms with Crippen LogP contribution in [0.15, 0.2) is 47.1 Å². The number of benzene rings is 1. The minimum Gasteiger partial charge on any atom is -0.364 e. The summed E-state index contributed by atoms with van der Waals surface area (Å²) in [5, 5.41) is 0. The number of imidazole rings is 1. The molecule has 4 nitrogen and oxygen atoms in total. The second-order valence-electron chi connectivity index (χ2n) is 5.57. The van der Waals surface area contributed by atoms with Crippen LogP contribution in [0, 0.1) is 0 Å². The average Bonchev–Trinajstić information content (AvgIpc) is 2.85. The number of fused-ring (bicyclic) bond motifs is 1. The van der Waals surface area contributed by atoms with Crippen molar-refractivity contribution in [3.8, 4) is 0 Å². The summed E-state index contributed by atoms with van der Waals surface area (Å²) in [5.41, 5.74) is 3.12. The SMILES string of the molecule is Brc1ccc2nc3n(c2n1)[C@H](c1ccccc1)[C@H]1C[C@@H]3O1. The van der Waals surface area contributed by atoms with Crippen molar-refractivity contribution in [2.75, 3.05) is 0 Å². The molecule has 0 amide bonds. The number of aromatic nitrogens is 3. The first-order valence-corrected chi connectivity index (χ1v) is 7.85. The number of hydrogen-bond donors (Lipinski definition) is 0. The molecule has 6 rings (SSSR count). The molecule has 0 saturated carbocycles. The van der Waals surface area contributed by atoms with E-state index in [-0.39, 0.29) is 18.2 Å². The van der Waals surface area contributed by atoms with Gasteiger partial charge in [0.25, 0.3) is 0 Å². The first kappa shape index (κ1) is 11.9. The maximum absolute atomic E-state index is 6.01. The van der Waals surface area contributed by atoms with E-state index in [2.05, 4.69) is 49.7 Å². The summed E-state index contributed by atoms with van der Waals surface area (Å²) in [5.74, 6) is 1.01. The van der Waals surface area contributed by atoms with Gasteiger partial charge in [-0.1, -0.05) is 30.3 Å². The van der Waals surface area contributed by atoms with Gasteiger partial charge in [0.1, 0.15) is 22.0 Å². The minimum atomic E-state index is 0.128. The lowest BCUT2D eigenvalue weighted by Crippen LogP contribution is -2.46. The molecular formula is C16H12BrN3O. The van der Waals surface area contributed by atoms with E-state index in [1.165, 1.54) is 5.56 Å². The largest absolute Gasteiger partial charge is 0.364 e. The van der Waals surface area contributed by atoms with Crippen molar-refractivity contribution >= 4 is 27.1 Å². The highest BCUT2D eigenvalue weighted by Crippen LogP contribution is 2.49. The van der Waals surface area contributed by atoms with Gasteiger partial charge >= 0.3 is 0 Å². The van der Waals surface area contributed by atoms with Crippen LogP contribution in [0.3, 0.4) is 0 Å². The quantitative estimate of drug-likeness (QED) is 0.634. The zero-order valence-electron chi connectivity index (χ0n) is 11.1. The Morgan fingerprint density at radius 2 is 1.90 bits per heavy atom. The third kappa shape index (κ3) is 1.59. The molecule has 3 aliphatic heterocycles. The van der Waals surface area contributed by atoms with Gasteiger partial charge in [0.05, 0.1) is 12.1 Å². The minimum absolute atomic E-state index is 0.128. The van der Waals surface area contributed by atoms with E-state index in [1.807, 2.05) is 18.2 Å². The lowest BCUT2D eigenvalue weighted by atomic mass is 9.88. The van der Waals surface area contributed by atoms with Gasteiger partial charge in [0.15, 0.2) is 5.65 Å². The molecular weight excluding hydrogens is 330 g/mol. The highest BCUT2D eigenvalue weighted by Gasteiger charge is 2.48. The van der Waals surface area contributed by atoms with E-state index in [9.17, 15) is 0 Å².